The molecular weight excluding hydrogens is 252 g/mol. The maximum absolute atomic E-state index is 12.2. The lowest BCUT2D eigenvalue weighted by atomic mass is 10.1. The first-order chi connectivity index (χ1) is 9.54. The fourth-order valence-corrected chi connectivity index (χ4v) is 2.22. The standard InChI is InChI=1S/C16H20N2O2/c1-11-9-13(12(2)18(11)3)10-17-16(19)14-7-5-6-8-15(14)20-4/h5-9H,10H2,1-4H3,(H,17,19). The molecule has 2 aromatic rings. The number of carbonyl (C=O) groups excluding carboxylic acids is 1. The van der Waals surface area contributed by atoms with Crippen LogP contribution in [0.25, 0.3) is 0 Å². The Morgan fingerprint density at radius 3 is 2.60 bits per heavy atom. The number of rotatable bonds is 4. The molecule has 0 fully saturated rings. The molecule has 0 aliphatic carbocycles. The van der Waals surface area contributed by atoms with Crippen molar-refractivity contribution in [3.63, 3.8) is 0 Å². The Bertz CT molecular complexity index is 629. The summed E-state index contributed by atoms with van der Waals surface area (Å²) in [7, 11) is 3.59. The molecule has 0 saturated heterocycles. The topological polar surface area (TPSA) is 43.3 Å². The van der Waals surface area contributed by atoms with Crippen molar-refractivity contribution in [3.8, 4) is 5.75 Å². The van der Waals surface area contributed by atoms with Gasteiger partial charge in [-0.1, -0.05) is 12.1 Å². The van der Waals surface area contributed by atoms with Gasteiger partial charge in [0.15, 0.2) is 0 Å². The Morgan fingerprint density at radius 2 is 2.00 bits per heavy atom. The van der Waals surface area contributed by atoms with Crippen molar-refractivity contribution in [2.45, 2.75) is 20.4 Å². The van der Waals surface area contributed by atoms with E-state index in [1.165, 1.54) is 11.4 Å². The van der Waals surface area contributed by atoms with Crippen LogP contribution >= 0.6 is 0 Å². The van der Waals surface area contributed by atoms with Gasteiger partial charge in [-0.25, -0.2) is 0 Å². The number of methoxy groups -OCH3 is 1. The minimum Gasteiger partial charge on any atom is -0.496 e. The van der Waals surface area contributed by atoms with E-state index in [9.17, 15) is 4.79 Å². The van der Waals surface area contributed by atoms with Crippen LogP contribution in [0.4, 0.5) is 0 Å². The van der Waals surface area contributed by atoms with Crippen molar-refractivity contribution < 1.29 is 9.53 Å². The van der Waals surface area contributed by atoms with Crippen LogP contribution in [-0.2, 0) is 13.6 Å². The summed E-state index contributed by atoms with van der Waals surface area (Å²) in [6.07, 6.45) is 0. The maximum atomic E-state index is 12.2. The van der Waals surface area contributed by atoms with E-state index < -0.39 is 0 Å². The largest absolute Gasteiger partial charge is 0.496 e. The molecule has 106 valence electrons. The van der Waals surface area contributed by atoms with Gasteiger partial charge in [0.25, 0.3) is 5.91 Å². The second kappa shape index (κ2) is 5.82. The Balaban J connectivity index is 2.11. The molecule has 4 heteroatoms. The van der Waals surface area contributed by atoms with Crippen LogP contribution in [0.2, 0.25) is 0 Å². The van der Waals surface area contributed by atoms with Crippen LogP contribution in [0.5, 0.6) is 5.75 Å². The summed E-state index contributed by atoms with van der Waals surface area (Å²) in [6, 6.07) is 9.32. The highest BCUT2D eigenvalue weighted by Crippen LogP contribution is 2.18. The van der Waals surface area contributed by atoms with Gasteiger partial charge in [-0.15, -0.1) is 0 Å². The van der Waals surface area contributed by atoms with Crippen molar-refractivity contribution >= 4 is 5.91 Å². The Hall–Kier alpha value is -2.23. The molecule has 20 heavy (non-hydrogen) atoms. The van der Waals surface area contributed by atoms with Crippen LogP contribution in [0, 0.1) is 13.8 Å². The van der Waals surface area contributed by atoms with Gasteiger partial charge >= 0.3 is 0 Å². The van der Waals surface area contributed by atoms with E-state index in [0.717, 1.165) is 5.56 Å². The molecule has 1 amide bonds. The molecule has 0 saturated carbocycles. The van der Waals surface area contributed by atoms with Crippen molar-refractivity contribution in [2.75, 3.05) is 7.11 Å². The van der Waals surface area contributed by atoms with Gasteiger partial charge in [-0.3, -0.25) is 4.79 Å². The van der Waals surface area contributed by atoms with Crippen molar-refractivity contribution in [2.24, 2.45) is 7.05 Å². The van der Waals surface area contributed by atoms with Crippen LogP contribution in [0.3, 0.4) is 0 Å². The molecule has 4 nitrogen and oxygen atoms in total. The van der Waals surface area contributed by atoms with E-state index in [-0.39, 0.29) is 5.91 Å². The third-order valence-corrected chi connectivity index (χ3v) is 3.67. The van der Waals surface area contributed by atoms with Gasteiger partial charge in [-0.2, -0.15) is 0 Å². The Morgan fingerprint density at radius 1 is 1.30 bits per heavy atom. The lowest BCUT2D eigenvalue weighted by Crippen LogP contribution is -2.23. The van der Waals surface area contributed by atoms with Gasteiger partial charge in [-0.05, 0) is 37.6 Å². The highest BCUT2D eigenvalue weighted by Gasteiger charge is 2.12. The first-order valence-electron chi connectivity index (χ1n) is 6.57. The van der Waals surface area contributed by atoms with Crippen LogP contribution in [-0.4, -0.2) is 17.6 Å². The minimum atomic E-state index is -0.122. The second-order valence-electron chi connectivity index (χ2n) is 4.84. The third kappa shape index (κ3) is 2.69. The summed E-state index contributed by atoms with van der Waals surface area (Å²) >= 11 is 0. The number of aryl methyl sites for hydroxylation is 1. The van der Waals surface area contributed by atoms with Crippen molar-refractivity contribution in [1.29, 1.82) is 0 Å². The van der Waals surface area contributed by atoms with E-state index in [1.807, 2.05) is 19.2 Å². The van der Waals surface area contributed by atoms with E-state index >= 15 is 0 Å². The van der Waals surface area contributed by atoms with Gasteiger partial charge < -0.3 is 14.6 Å². The third-order valence-electron chi connectivity index (χ3n) is 3.67. The van der Waals surface area contributed by atoms with E-state index in [0.29, 0.717) is 17.9 Å². The molecule has 1 heterocycles. The zero-order valence-electron chi connectivity index (χ0n) is 12.4. The summed E-state index contributed by atoms with van der Waals surface area (Å²) in [5, 5.41) is 2.94. The van der Waals surface area contributed by atoms with E-state index in [4.69, 9.17) is 4.74 Å². The van der Waals surface area contributed by atoms with Crippen molar-refractivity contribution in [3.05, 3.63) is 52.8 Å². The summed E-state index contributed by atoms with van der Waals surface area (Å²) in [5.74, 6) is 0.467. The molecule has 0 aliphatic rings. The normalized spacial score (nSPS) is 10.4. The monoisotopic (exact) mass is 272 g/mol. The van der Waals surface area contributed by atoms with Crippen LogP contribution in [0.1, 0.15) is 27.3 Å². The van der Waals surface area contributed by atoms with Gasteiger partial charge in [0, 0.05) is 25.0 Å². The lowest BCUT2D eigenvalue weighted by molar-refractivity contribution is 0.0948. The molecule has 0 spiro atoms. The predicted molar refractivity (Wildman–Crippen MR) is 79.1 cm³/mol. The Kier molecular flexibility index (Phi) is 4.13. The number of nitrogens with one attached hydrogen (secondary N) is 1. The van der Waals surface area contributed by atoms with Crippen LogP contribution < -0.4 is 10.1 Å². The predicted octanol–water partition coefficient (Wildman–Crippen LogP) is 2.58. The summed E-state index contributed by atoms with van der Waals surface area (Å²) in [6.45, 7) is 4.63. The lowest BCUT2D eigenvalue weighted by Gasteiger charge is -2.09. The zero-order valence-corrected chi connectivity index (χ0v) is 12.4. The fraction of sp³-hybridized carbons (Fsp3) is 0.312. The molecular formula is C16H20N2O2. The minimum absolute atomic E-state index is 0.122. The van der Waals surface area contributed by atoms with E-state index in [1.54, 1.807) is 19.2 Å². The molecule has 1 N–H and O–H groups in total. The van der Waals surface area contributed by atoms with Gasteiger partial charge in [0.1, 0.15) is 5.75 Å². The number of hydrogen-bond donors (Lipinski definition) is 1. The smallest absolute Gasteiger partial charge is 0.255 e. The first-order valence-corrected chi connectivity index (χ1v) is 6.57. The molecule has 2 rings (SSSR count). The number of nitrogens with zero attached hydrogens (tertiary/aromatic N) is 1. The Labute approximate surface area is 119 Å². The molecule has 1 aromatic carbocycles. The molecule has 0 atom stereocenters. The van der Waals surface area contributed by atoms with Crippen molar-refractivity contribution in [1.82, 2.24) is 9.88 Å². The summed E-state index contributed by atoms with van der Waals surface area (Å²) < 4.78 is 7.32. The van der Waals surface area contributed by atoms with Crippen LogP contribution in [0.15, 0.2) is 30.3 Å². The number of para-hydroxylation sites is 1. The number of carbonyl (C=O) groups is 1. The SMILES string of the molecule is COc1ccccc1C(=O)NCc1cc(C)n(C)c1C. The van der Waals surface area contributed by atoms with Gasteiger partial charge in [0.2, 0.25) is 0 Å². The summed E-state index contributed by atoms with van der Waals surface area (Å²) in [5.41, 5.74) is 4.04. The first kappa shape index (κ1) is 14.2. The summed E-state index contributed by atoms with van der Waals surface area (Å²) in [4.78, 5) is 12.2. The van der Waals surface area contributed by atoms with E-state index in [2.05, 4.69) is 29.8 Å². The number of ether oxygens (including phenoxy) is 1. The number of benzene rings is 1. The molecule has 1 aromatic heterocycles. The molecule has 0 unspecified atom stereocenters. The highest BCUT2D eigenvalue weighted by molar-refractivity contribution is 5.96. The maximum Gasteiger partial charge on any atom is 0.255 e. The number of amides is 1. The average Bonchev–Trinajstić information content (AvgIpc) is 2.72. The highest BCUT2D eigenvalue weighted by atomic mass is 16.5. The average molecular weight is 272 g/mol. The fourth-order valence-electron chi connectivity index (χ4n) is 2.22. The number of aromatic nitrogens is 1. The quantitative estimate of drug-likeness (QED) is 0.929. The second-order valence-corrected chi connectivity index (χ2v) is 4.84. The molecule has 0 radical (unpaired) electrons. The zero-order chi connectivity index (χ0) is 14.7. The molecule has 0 aliphatic heterocycles. The number of hydrogen-bond acceptors (Lipinski definition) is 2. The molecule has 0 bridgehead atoms. The van der Waals surface area contributed by atoms with Gasteiger partial charge in [0.05, 0.1) is 12.7 Å².